The zero-order valence-electron chi connectivity index (χ0n) is 10.6. The number of nitrogens with one attached hydrogen (secondary N) is 1. The van der Waals surface area contributed by atoms with Crippen molar-refractivity contribution >= 4 is 11.6 Å². The van der Waals surface area contributed by atoms with Gasteiger partial charge in [-0.15, -0.1) is 0 Å². The van der Waals surface area contributed by atoms with Gasteiger partial charge in [0, 0.05) is 24.5 Å². The van der Waals surface area contributed by atoms with E-state index in [0.29, 0.717) is 23.4 Å². The Balaban J connectivity index is 2.11. The first kappa shape index (κ1) is 14.8. The highest BCUT2D eigenvalue weighted by molar-refractivity contribution is 6.31. The van der Waals surface area contributed by atoms with Crippen molar-refractivity contribution in [1.82, 2.24) is 10.4 Å². The van der Waals surface area contributed by atoms with Crippen molar-refractivity contribution in [3.05, 3.63) is 64.4 Å². The monoisotopic (exact) mass is 297 g/mol. The smallest absolute Gasteiger partial charge is 0.126 e. The van der Waals surface area contributed by atoms with Crippen LogP contribution in [0.5, 0.6) is 0 Å². The van der Waals surface area contributed by atoms with Gasteiger partial charge in [-0.25, -0.2) is 8.78 Å². The van der Waals surface area contributed by atoms with E-state index in [9.17, 15) is 8.78 Å². The Kier molecular flexibility index (Phi) is 5.00. The largest absolute Gasteiger partial charge is 0.271 e. The van der Waals surface area contributed by atoms with E-state index in [2.05, 4.69) is 10.4 Å². The highest BCUT2D eigenvalue weighted by atomic mass is 35.5. The van der Waals surface area contributed by atoms with Gasteiger partial charge in [-0.1, -0.05) is 11.6 Å². The molecule has 2 rings (SSSR count). The van der Waals surface area contributed by atoms with E-state index in [1.165, 1.54) is 12.1 Å². The van der Waals surface area contributed by atoms with Gasteiger partial charge in [0.05, 0.1) is 5.02 Å². The summed E-state index contributed by atoms with van der Waals surface area (Å²) >= 11 is 6.03. The van der Waals surface area contributed by atoms with Crippen molar-refractivity contribution in [3.63, 3.8) is 0 Å². The second kappa shape index (κ2) is 6.74. The first-order valence-electron chi connectivity index (χ1n) is 6.08. The van der Waals surface area contributed by atoms with Crippen LogP contribution in [0.25, 0.3) is 0 Å². The van der Waals surface area contributed by atoms with Crippen molar-refractivity contribution in [2.75, 3.05) is 0 Å². The van der Waals surface area contributed by atoms with Crippen LogP contribution in [-0.2, 0) is 12.8 Å². The lowest BCUT2D eigenvalue weighted by molar-refractivity contribution is 0.516. The number of hydrazine groups is 1. The summed E-state index contributed by atoms with van der Waals surface area (Å²) in [5, 5.41) is 0.540. The predicted octanol–water partition coefficient (Wildman–Crippen LogP) is 2.63. The zero-order chi connectivity index (χ0) is 14.5. The van der Waals surface area contributed by atoms with Crippen molar-refractivity contribution < 1.29 is 8.78 Å². The van der Waals surface area contributed by atoms with Gasteiger partial charge in [-0.2, -0.15) is 0 Å². The fraction of sp³-hybridized carbons (Fsp3) is 0.214. The summed E-state index contributed by atoms with van der Waals surface area (Å²) in [5.74, 6) is 4.30. The summed E-state index contributed by atoms with van der Waals surface area (Å²) in [6.07, 6.45) is 4.11. The molecule has 0 spiro atoms. The number of nitrogens with zero attached hydrogens (tertiary/aromatic N) is 1. The molecule has 0 fully saturated rings. The summed E-state index contributed by atoms with van der Waals surface area (Å²) in [5.41, 5.74) is 4.06. The van der Waals surface area contributed by atoms with Crippen molar-refractivity contribution in [2.45, 2.75) is 18.9 Å². The molecule has 0 saturated carbocycles. The zero-order valence-corrected chi connectivity index (χ0v) is 11.4. The molecule has 1 atom stereocenters. The number of pyridine rings is 1. The first-order valence-corrected chi connectivity index (χ1v) is 6.45. The van der Waals surface area contributed by atoms with E-state index in [4.69, 9.17) is 17.4 Å². The van der Waals surface area contributed by atoms with E-state index in [1.807, 2.05) is 0 Å². The second-order valence-corrected chi connectivity index (χ2v) is 4.92. The molecule has 2 aromatic rings. The van der Waals surface area contributed by atoms with Crippen molar-refractivity contribution in [3.8, 4) is 0 Å². The molecule has 0 aliphatic rings. The van der Waals surface area contributed by atoms with Gasteiger partial charge in [-0.3, -0.25) is 16.3 Å². The Bertz CT molecular complexity index is 572. The van der Waals surface area contributed by atoms with Gasteiger partial charge < -0.3 is 0 Å². The molecule has 0 saturated heterocycles. The lowest BCUT2D eigenvalue weighted by Gasteiger charge is -2.16. The van der Waals surface area contributed by atoms with Crippen LogP contribution in [0.3, 0.4) is 0 Å². The quantitative estimate of drug-likeness (QED) is 0.659. The number of halogens is 3. The molecule has 1 heterocycles. The molecule has 3 N–H and O–H groups in total. The molecule has 1 aromatic carbocycles. The maximum atomic E-state index is 13.2. The van der Waals surface area contributed by atoms with Crippen LogP contribution in [-0.4, -0.2) is 11.0 Å². The van der Waals surface area contributed by atoms with Gasteiger partial charge >= 0.3 is 0 Å². The van der Waals surface area contributed by atoms with Crippen LogP contribution in [0.2, 0.25) is 5.02 Å². The highest BCUT2D eigenvalue weighted by Crippen LogP contribution is 2.17. The van der Waals surface area contributed by atoms with E-state index in [-0.39, 0.29) is 6.04 Å². The molecular weight excluding hydrogens is 284 g/mol. The minimum Gasteiger partial charge on any atom is -0.271 e. The Morgan fingerprint density at radius 1 is 1.20 bits per heavy atom. The molecule has 1 unspecified atom stereocenters. The SMILES string of the molecule is NNC(Cc1cc(F)cc(F)c1)Cc1ccncc1Cl. The minimum atomic E-state index is -0.599. The third-order valence-electron chi connectivity index (χ3n) is 2.96. The second-order valence-electron chi connectivity index (χ2n) is 4.52. The van der Waals surface area contributed by atoms with Gasteiger partial charge in [0.25, 0.3) is 0 Å². The van der Waals surface area contributed by atoms with Crippen molar-refractivity contribution in [1.29, 1.82) is 0 Å². The van der Waals surface area contributed by atoms with Gasteiger partial charge in [0.15, 0.2) is 0 Å². The number of hydrogen-bond acceptors (Lipinski definition) is 3. The topological polar surface area (TPSA) is 50.9 Å². The van der Waals surface area contributed by atoms with Crippen LogP contribution in [0.4, 0.5) is 8.78 Å². The molecule has 20 heavy (non-hydrogen) atoms. The fourth-order valence-electron chi connectivity index (χ4n) is 2.04. The Hall–Kier alpha value is -1.56. The van der Waals surface area contributed by atoms with E-state index in [1.54, 1.807) is 18.5 Å². The molecule has 106 valence electrons. The maximum Gasteiger partial charge on any atom is 0.126 e. The Morgan fingerprint density at radius 3 is 2.50 bits per heavy atom. The average molecular weight is 298 g/mol. The van der Waals surface area contributed by atoms with Crippen LogP contribution >= 0.6 is 11.6 Å². The summed E-state index contributed by atoms with van der Waals surface area (Å²) < 4.78 is 26.3. The fourth-order valence-corrected chi connectivity index (χ4v) is 2.23. The molecule has 0 amide bonds. The van der Waals surface area contributed by atoms with E-state index in [0.717, 1.165) is 11.6 Å². The van der Waals surface area contributed by atoms with Crippen LogP contribution in [0.1, 0.15) is 11.1 Å². The molecule has 0 bridgehead atoms. The number of aromatic nitrogens is 1. The molecule has 6 heteroatoms. The number of benzene rings is 1. The molecule has 0 aliphatic carbocycles. The number of nitrogens with two attached hydrogens (primary N) is 1. The normalized spacial score (nSPS) is 12.4. The number of hydrogen-bond donors (Lipinski definition) is 2. The molecule has 3 nitrogen and oxygen atoms in total. The predicted molar refractivity (Wildman–Crippen MR) is 74.1 cm³/mol. The van der Waals surface area contributed by atoms with Crippen LogP contribution in [0.15, 0.2) is 36.7 Å². The molecular formula is C14H14ClF2N3. The number of rotatable bonds is 5. The summed E-state index contributed by atoms with van der Waals surface area (Å²) in [6.45, 7) is 0. The maximum absolute atomic E-state index is 13.2. The standard InChI is InChI=1S/C14H14ClF2N3/c15-14-8-19-2-1-10(14)6-13(20-18)5-9-3-11(16)7-12(17)4-9/h1-4,7-8,13,20H,5-6,18H2. The molecule has 1 aromatic heterocycles. The summed E-state index contributed by atoms with van der Waals surface area (Å²) in [6, 6.07) is 5.03. The van der Waals surface area contributed by atoms with Gasteiger partial charge in [-0.05, 0) is 42.2 Å². The summed E-state index contributed by atoms with van der Waals surface area (Å²) in [4.78, 5) is 3.90. The lowest BCUT2D eigenvalue weighted by Crippen LogP contribution is -2.38. The third kappa shape index (κ3) is 3.96. The summed E-state index contributed by atoms with van der Waals surface area (Å²) in [7, 11) is 0. The van der Waals surface area contributed by atoms with E-state index < -0.39 is 11.6 Å². The van der Waals surface area contributed by atoms with Crippen LogP contribution < -0.4 is 11.3 Å². The molecule has 0 radical (unpaired) electrons. The average Bonchev–Trinajstić information content (AvgIpc) is 2.39. The van der Waals surface area contributed by atoms with Gasteiger partial charge in [0.1, 0.15) is 11.6 Å². The van der Waals surface area contributed by atoms with Crippen molar-refractivity contribution in [2.24, 2.45) is 5.84 Å². The third-order valence-corrected chi connectivity index (χ3v) is 3.30. The minimum absolute atomic E-state index is 0.184. The molecule has 0 aliphatic heterocycles. The Labute approximate surface area is 120 Å². The van der Waals surface area contributed by atoms with Crippen LogP contribution in [0, 0.1) is 11.6 Å². The first-order chi connectivity index (χ1) is 9.58. The van der Waals surface area contributed by atoms with E-state index >= 15 is 0 Å². The Morgan fingerprint density at radius 2 is 1.90 bits per heavy atom. The van der Waals surface area contributed by atoms with Gasteiger partial charge in [0.2, 0.25) is 0 Å². The highest BCUT2D eigenvalue weighted by Gasteiger charge is 2.12. The lowest BCUT2D eigenvalue weighted by atomic mass is 10.00.